The van der Waals surface area contributed by atoms with E-state index in [1.54, 1.807) is 19.2 Å². The number of alkyl carbamates (subject to hydrolysis) is 1. The number of carbonyl (C=O) groups excluding carboxylic acids is 1. The maximum absolute atomic E-state index is 12.2. The summed E-state index contributed by atoms with van der Waals surface area (Å²) in [7, 11) is 1.61. The van der Waals surface area contributed by atoms with Gasteiger partial charge in [-0.15, -0.1) is 0 Å². The van der Waals surface area contributed by atoms with E-state index in [-0.39, 0.29) is 24.3 Å². The van der Waals surface area contributed by atoms with Gasteiger partial charge in [-0.1, -0.05) is 49.4 Å². The fourth-order valence-corrected chi connectivity index (χ4v) is 3.36. The number of amides is 1. The summed E-state index contributed by atoms with van der Waals surface area (Å²) in [5.74, 6) is 0.709. The minimum atomic E-state index is -0.491. The van der Waals surface area contributed by atoms with Crippen LogP contribution >= 0.6 is 0 Å². The van der Waals surface area contributed by atoms with Gasteiger partial charge < -0.3 is 20.1 Å². The van der Waals surface area contributed by atoms with E-state index in [1.165, 1.54) is 12.1 Å². The lowest BCUT2D eigenvalue weighted by Gasteiger charge is -2.27. The molecule has 0 bridgehead atoms. The Labute approximate surface area is 192 Å². The second-order valence-corrected chi connectivity index (χ2v) is 7.62. The maximum atomic E-state index is 12.2. The smallest absolute Gasteiger partial charge is 0.407 e. The topological polar surface area (TPSA) is 103 Å². The van der Waals surface area contributed by atoms with Gasteiger partial charge in [0.2, 0.25) is 0 Å². The fraction of sp³-hybridized carbons (Fsp3) is 0.240. The molecule has 0 saturated heterocycles. The molecule has 0 saturated carbocycles. The number of nitrogens with zero attached hydrogens (tertiary/aromatic N) is 1. The number of carbonyl (C=O) groups is 1. The molecule has 0 fully saturated rings. The summed E-state index contributed by atoms with van der Waals surface area (Å²) in [4.78, 5) is 22.7. The summed E-state index contributed by atoms with van der Waals surface area (Å²) < 4.78 is 10.5. The van der Waals surface area contributed by atoms with Gasteiger partial charge in [-0.25, -0.2) is 4.79 Å². The van der Waals surface area contributed by atoms with Gasteiger partial charge in [0.05, 0.1) is 18.1 Å². The highest BCUT2D eigenvalue weighted by atomic mass is 16.6. The number of nitro groups is 1. The Bertz CT molecular complexity index is 1040. The van der Waals surface area contributed by atoms with Crippen LogP contribution in [-0.2, 0) is 11.3 Å². The second kappa shape index (κ2) is 11.5. The van der Waals surface area contributed by atoms with E-state index in [9.17, 15) is 14.9 Å². The number of hydrogen-bond acceptors (Lipinski definition) is 6. The molecule has 0 radical (unpaired) electrons. The number of benzene rings is 3. The van der Waals surface area contributed by atoms with E-state index in [4.69, 9.17) is 9.47 Å². The maximum Gasteiger partial charge on any atom is 0.407 e. The van der Waals surface area contributed by atoms with Crippen LogP contribution in [0.15, 0.2) is 78.9 Å². The molecule has 1 amide bonds. The van der Waals surface area contributed by atoms with E-state index >= 15 is 0 Å². The van der Waals surface area contributed by atoms with Crippen molar-refractivity contribution in [2.24, 2.45) is 5.92 Å². The Morgan fingerprint density at radius 3 is 2.27 bits per heavy atom. The van der Waals surface area contributed by atoms with Crippen molar-refractivity contribution in [1.29, 1.82) is 0 Å². The van der Waals surface area contributed by atoms with Crippen LogP contribution < -0.4 is 15.4 Å². The Morgan fingerprint density at radius 2 is 1.67 bits per heavy atom. The van der Waals surface area contributed by atoms with Gasteiger partial charge in [-0.05, 0) is 41.3 Å². The van der Waals surface area contributed by atoms with E-state index in [0.29, 0.717) is 6.54 Å². The van der Waals surface area contributed by atoms with Gasteiger partial charge in [-0.3, -0.25) is 10.1 Å². The molecule has 0 aliphatic heterocycles. The predicted octanol–water partition coefficient (Wildman–Crippen LogP) is 5.32. The van der Waals surface area contributed by atoms with Gasteiger partial charge in [0, 0.05) is 24.4 Å². The van der Waals surface area contributed by atoms with Crippen molar-refractivity contribution in [3.63, 3.8) is 0 Å². The number of anilines is 1. The normalized spacial score (nSPS) is 12.3. The van der Waals surface area contributed by atoms with Crippen molar-refractivity contribution in [3.05, 3.63) is 100 Å². The van der Waals surface area contributed by atoms with Crippen molar-refractivity contribution in [2.75, 3.05) is 19.0 Å². The molecule has 3 aromatic carbocycles. The van der Waals surface area contributed by atoms with Gasteiger partial charge >= 0.3 is 6.09 Å². The third-order valence-corrected chi connectivity index (χ3v) is 5.23. The summed E-state index contributed by atoms with van der Waals surface area (Å²) >= 11 is 0. The zero-order valence-corrected chi connectivity index (χ0v) is 18.6. The number of methoxy groups -OCH3 is 1. The zero-order valence-electron chi connectivity index (χ0n) is 18.6. The predicted molar refractivity (Wildman–Crippen MR) is 126 cm³/mol. The molecule has 0 heterocycles. The van der Waals surface area contributed by atoms with E-state index in [0.717, 1.165) is 22.6 Å². The molecule has 33 heavy (non-hydrogen) atoms. The van der Waals surface area contributed by atoms with Gasteiger partial charge in [-0.2, -0.15) is 0 Å². The Morgan fingerprint density at radius 1 is 1.00 bits per heavy atom. The molecular formula is C25H27N3O5. The molecule has 0 aliphatic rings. The van der Waals surface area contributed by atoms with E-state index in [1.807, 2.05) is 61.5 Å². The van der Waals surface area contributed by atoms with Gasteiger partial charge in [0.1, 0.15) is 12.4 Å². The highest BCUT2D eigenvalue weighted by molar-refractivity contribution is 5.67. The Hall–Kier alpha value is -4.07. The first-order valence-electron chi connectivity index (χ1n) is 10.6. The standard InChI is InChI=1S/C25H27N3O5/c1-18(16-26-25(29)33-17-19-6-4-3-5-7-19)24(20-8-14-23(32-2)15-9-20)27-21-10-12-22(13-11-21)28(30)31/h3-15,18,24,27H,16-17H2,1-2H3,(H,26,29)/t18-,24-/m0/s1. The summed E-state index contributed by atoms with van der Waals surface area (Å²) in [6, 6.07) is 23.2. The largest absolute Gasteiger partial charge is 0.497 e. The molecule has 3 aromatic rings. The summed E-state index contributed by atoms with van der Waals surface area (Å²) in [5.41, 5.74) is 2.66. The summed E-state index contributed by atoms with van der Waals surface area (Å²) in [6.45, 7) is 2.57. The van der Waals surface area contributed by atoms with Crippen LogP contribution in [0.5, 0.6) is 5.75 Å². The van der Waals surface area contributed by atoms with Gasteiger partial charge in [0.15, 0.2) is 0 Å². The van der Waals surface area contributed by atoms with E-state index < -0.39 is 11.0 Å². The van der Waals surface area contributed by atoms with Crippen LogP contribution in [0.4, 0.5) is 16.2 Å². The molecule has 0 spiro atoms. The average molecular weight is 450 g/mol. The second-order valence-electron chi connectivity index (χ2n) is 7.62. The first kappa shape index (κ1) is 23.6. The van der Waals surface area contributed by atoms with Crippen molar-refractivity contribution < 1.29 is 19.2 Å². The quantitative estimate of drug-likeness (QED) is 0.321. The highest BCUT2D eigenvalue weighted by Crippen LogP contribution is 2.29. The lowest BCUT2D eigenvalue weighted by Crippen LogP contribution is -2.33. The number of hydrogen-bond donors (Lipinski definition) is 2. The van der Waals surface area contributed by atoms with E-state index in [2.05, 4.69) is 10.6 Å². The Kier molecular flexibility index (Phi) is 8.24. The van der Waals surface area contributed by atoms with Crippen LogP contribution in [0.2, 0.25) is 0 Å². The molecule has 172 valence electrons. The molecule has 3 rings (SSSR count). The lowest BCUT2D eigenvalue weighted by molar-refractivity contribution is -0.384. The first-order valence-corrected chi connectivity index (χ1v) is 10.6. The molecule has 2 N–H and O–H groups in total. The van der Waals surface area contributed by atoms with Crippen LogP contribution in [-0.4, -0.2) is 24.7 Å². The molecule has 0 aromatic heterocycles. The lowest BCUT2D eigenvalue weighted by atomic mass is 9.94. The first-order chi connectivity index (χ1) is 16.0. The molecule has 8 nitrogen and oxygen atoms in total. The van der Waals surface area contributed by atoms with Crippen molar-refractivity contribution >= 4 is 17.5 Å². The molecular weight excluding hydrogens is 422 g/mol. The number of nitro benzene ring substituents is 1. The number of ether oxygens (including phenoxy) is 2. The molecule has 0 aliphatic carbocycles. The molecule has 0 unspecified atom stereocenters. The minimum absolute atomic E-state index is 0.0254. The van der Waals surface area contributed by atoms with Crippen LogP contribution in [0.25, 0.3) is 0 Å². The third kappa shape index (κ3) is 6.96. The number of rotatable bonds is 10. The van der Waals surface area contributed by atoms with Crippen molar-refractivity contribution in [2.45, 2.75) is 19.6 Å². The van der Waals surface area contributed by atoms with Crippen LogP contribution in [0, 0.1) is 16.0 Å². The fourth-order valence-electron chi connectivity index (χ4n) is 3.36. The number of nitrogens with one attached hydrogen (secondary N) is 2. The number of non-ortho nitro benzene ring substituents is 1. The molecule has 2 atom stereocenters. The van der Waals surface area contributed by atoms with Crippen LogP contribution in [0.1, 0.15) is 24.1 Å². The zero-order chi connectivity index (χ0) is 23.6. The Balaban J connectivity index is 1.66. The summed E-state index contributed by atoms with van der Waals surface area (Å²) in [6.07, 6.45) is -0.491. The van der Waals surface area contributed by atoms with Crippen molar-refractivity contribution in [1.82, 2.24) is 5.32 Å². The SMILES string of the molecule is COc1ccc([C@@H](Nc2ccc([N+](=O)[O-])cc2)[C@@H](C)CNC(=O)OCc2ccccc2)cc1. The van der Waals surface area contributed by atoms with Crippen LogP contribution in [0.3, 0.4) is 0 Å². The summed E-state index contributed by atoms with van der Waals surface area (Å²) in [5, 5.41) is 17.2. The van der Waals surface area contributed by atoms with Crippen molar-refractivity contribution in [3.8, 4) is 5.75 Å². The monoisotopic (exact) mass is 449 g/mol. The average Bonchev–Trinajstić information content (AvgIpc) is 2.85. The minimum Gasteiger partial charge on any atom is -0.497 e. The third-order valence-electron chi connectivity index (χ3n) is 5.23. The highest BCUT2D eigenvalue weighted by Gasteiger charge is 2.21. The van der Waals surface area contributed by atoms with Gasteiger partial charge in [0.25, 0.3) is 5.69 Å². The molecule has 8 heteroatoms.